The number of amides is 2. The molecule has 254 valence electrons. The summed E-state index contributed by atoms with van der Waals surface area (Å²) in [6, 6.07) is 18.8. The molecule has 0 saturated carbocycles. The number of nitrogens with zero attached hydrogens (tertiary/aromatic N) is 2. The van der Waals surface area contributed by atoms with E-state index in [9.17, 15) is 23.1 Å². The number of likely N-dealkylation sites (N-methyl/N-ethyl adjacent to an activating group) is 1. The van der Waals surface area contributed by atoms with Gasteiger partial charge in [0.25, 0.3) is 21.8 Å². The second kappa shape index (κ2) is 16.5. The summed E-state index contributed by atoms with van der Waals surface area (Å²) in [5.41, 5.74) is 0.908. The molecule has 0 aromatic heterocycles. The van der Waals surface area contributed by atoms with Gasteiger partial charge in [-0.05, 0) is 87.7 Å². The number of hydrogen-bond donors (Lipinski definition) is 2. The van der Waals surface area contributed by atoms with E-state index in [1.807, 2.05) is 32.0 Å². The summed E-state index contributed by atoms with van der Waals surface area (Å²) in [7, 11) is -2.25. The summed E-state index contributed by atoms with van der Waals surface area (Å²) in [6.07, 6.45) is 1.65. The third-order valence-electron chi connectivity index (χ3n) is 8.25. The topological polar surface area (TPSA) is 125 Å². The number of aliphatic hydroxyl groups excluding tert-OH is 1. The molecule has 0 aliphatic carbocycles. The molecule has 3 aromatic rings. The Bertz CT molecular complexity index is 1610. The van der Waals surface area contributed by atoms with E-state index in [-0.39, 0.29) is 47.2 Å². The van der Waals surface area contributed by atoms with Gasteiger partial charge >= 0.3 is 0 Å². The molecular formula is C35H44ClN3O7S. The van der Waals surface area contributed by atoms with E-state index >= 15 is 0 Å². The van der Waals surface area contributed by atoms with E-state index in [4.69, 9.17) is 21.1 Å². The maximum atomic E-state index is 14.3. The quantitative estimate of drug-likeness (QED) is 0.311. The van der Waals surface area contributed by atoms with Gasteiger partial charge in [0.1, 0.15) is 5.75 Å². The zero-order chi connectivity index (χ0) is 34.1. The van der Waals surface area contributed by atoms with Crippen molar-refractivity contribution < 1.29 is 32.6 Å². The second-order valence-electron chi connectivity index (χ2n) is 12.1. The molecule has 0 radical (unpaired) electrons. The number of rotatable bonds is 8. The largest absolute Gasteiger partial charge is 0.490 e. The van der Waals surface area contributed by atoms with Gasteiger partial charge in [-0.15, -0.1) is 0 Å². The van der Waals surface area contributed by atoms with Crippen molar-refractivity contribution >= 4 is 39.1 Å². The second-order valence-corrected chi connectivity index (χ2v) is 14.2. The highest BCUT2D eigenvalue weighted by molar-refractivity contribution is 7.92. The molecular weight excluding hydrogens is 642 g/mol. The number of carbonyl (C=O) groups is 2. The van der Waals surface area contributed by atoms with Crippen LogP contribution in [-0.2, 0) is 14.8 Å². The minimum atomic E-state index is -3.99. The third-order valence-corrected chi connectivity index (χ3v) is 9.90. The Morgan fingerprint density at radius 2 is 1.79 bits per heavy atom. The van der Waals surface area contributed by atoms with Gasteiger partial charge in [-0.1, -0.05) is 36.7 Å². The van der Waals surface area contributed by atoms with E-state index < -0.39 is 28.1 Å². The monoisotopic (exact) mass is 685 g/mol. The third kappa shape index (κ3) is 9.70. The molecule has 0 unspecified atom stereocenters. The van der Waals surface area contributed by atoms with Crippen LogP contribution in [0.25, 0.3) is 0 Å². The molecule has 1 aliphatic rings. The summed E-state index contributed by atoms with van der Waals surface area (Å²) >= 11 is 5.94. The van der Waals surface area contributed by atoms with Crippen molar-refractivity contribution in [3.8, 4) is 5.75 Å². The van der Waals surface area contributed by atoms with Crippen LogP contribution < -0.4 is 9.46 Å². The maximum Gasteiger partial charge on any atom is 0.261 e. The number of sulfonamides is 1. The van der Waals surface area contributed by atoms with E-state index in [1.54, 1.807) is 48.0 Å². The van der Waals surface area contributed by atoms with Gasteiger partial charge in [0.2, 0.25) is 0 Å². The van der Waals surface area contributed by atoms with Crippen molar-refractivity contribution in [2.75, 3.05) is 38.1 Å². The minimum absolute atomic E-state index is 0.0179. The number of benzene rings is 3. The SMILES string of the molecule is C[C@@H]1CCCCO[C@H](CN(C)C(=O)c2ccccc2)[C@H](C)CN([C@@H](C)CO)C(=O)c2cc(NS(=O)(=O)c3ccc(Cl)cc3)ccc2O1. The predicted molar refractivity (Wildman–Crippen MR) is 183 cm³/mol. The predicted octanol–water partition coefficient (Wildman–Crippen LogP) is 5.71. The minimum Gasteiger partial charge on any atom is -0.490 e. The summed E-state index contributed by atoms with van der Waals surface area (Å²) in [4.78, 5) is 30.7. The molecule has 10 nitrogen and oxygen atoms in total. The van der Waals surface area contributed by atoms with Crippen LogP contribution in [0.4, 0.5) is 5.69 Å². The van der Waals surface area contributed by atoms with Gasteiger partial charge in [0.15, 0.2) is 0 Å². The van der Waals surface area contributed by atoms with Crippen molar-refractivity contribution in [3.63, 3.8) is 0 Å². The van der Waals surface area contributed by atoms with Crippen LogP contribution in [0.5, 0.6) is 5.75 Å². The number of hydrogen-bond acceptors (Lipinski definition) is 7. The van der Waals surface area contributed by atoms with Crippen molar-refractivity contribution in [2.24, 2.45) is 5.92 Å². The fourth-order valence-corrected chi connectivity index (χ4v) is 6.61. The molecule has 2 N–H and O–H groups in total. The van der Waals surface area contributed by atoms with Crippen LogP contribution in [0.3, 0.4) is 0 Å². The van der Waals surface area contributed by atoms with Crippen LogP contribution in [0.2, 0.25) is 5.02 Å². The Morgan fingerprint density at radius 3 is 2.47 bits per heavy atom. The highest BCUT2D eigenvalue weighted by Crippen LogP contribution is 2.30. The summed E-state index contributed by atoms with van der Waals surface area (Å²) < 4.78 is 41.5. The average Bonchev–Trinajstić information content (AvgIpc) is 3.06. The van der Waals surface area contributed by atoms with Crippen molar-refractivity contribution in [2.45, 2.75) is 63.2 Å². The Balaban J connectivity index is 1.66. The Hall–Kier alpha value is -3.64. The molecule has 1 heterocycles. The normalized spacial score (nSPS) is 20.3. The first kappa shape index (κ1) is 36.2. The molecule has 47 heavy (non-hydrogen) atoms. The van der Waals surface area contributed by atoms with Crippen LogP contribution in [-0.4, -0.2) is 86.7 Å². The fourth-order valence-electron chi connectivity index (χ4n) is 5.43. The Kier molecular flexibility index (Phi) is 12.7. The van der Waals surface area contributed by atoms with Gasteiger partial charge < -0.3 is 24.4 Å². The zero-order valence-corrected chi connectivity index (χ0v) is 28.8. The molecule has 0 spiro atoms. The number of ether oxygens (including phenoxy) is 2. The van der Waals surface area contributed by atoms with Gasteiger partial charge in [-0.2, -0.15) is 0 Å². The van der Waals surface area contributed by atoms with Crippen molar-refractivity contribution in [1.82, 2.24) is 9.80 Å². The molecule has 4 atom stereocenters. The molecule has 12 heteroatoms. The number of anilines is 1. The van der Waals surface area contributed by atoms with Crippen molar-refractivity contribution in [3.05, 3.63) is 88.9 Å². The molecule has 3 aromatic carbocycles. The molecule has 0 bridgehead atoms. The van der Waals surface area contributed by atoms with Crippen LogP contribution >= 0.6 is 11.6 Å². The van der Waals surface area contributed by atoms with E-state index in [0.717, 1.165) is 12.8 Å². The molecule has 0 fully saturated rings. The van der Waals surface area contributed by atoms with Gasteiger partial charge in [0, 0.05) is 48.9 Å². The highest BCUT2D eigenvalue weighted by Gasteiger charge is 2.31. The fraction of sp³-hybridized carbons (Fsp3) is 0.429. The Labute approximate surface area is 282 Å². The number of fused-ring (bicyclic) bond motifs is 1. The number of nitrogens with one attached hydrogen (secondary N) is 1. The number of halogens is 1. The molecule has 2 amide bonds. The first-order valence-corrected chi connectivity index (χ1v) is 17.7. The Morgan fingerprint density at radius 1 is 1.09 bits per heavy atom. The maximum absolute atomic E-state index is 14.3. The lowest BCUT2D eigenvalue weighted by Crippen LogP contribution is -2.48. The first-order chi connectivity index (χ1) is 22.4. The lowest BCUT2D eigenvalue weighted by Gasteiger charge is -2.36. The first-order valence-electron chi connectivity index (χ1n) is 15.8. The summed E-state index contributed by atoms with van der Waals surface area (Å²) in [6.45, 7) is 6.30. The summed E-state index contributed by atoms with van der Waals surface area (Å²) in [5, 5.41) is 10.6. The van der Waals surface area contributed by atoms with Crippen LogP contribution in [0.1, 0.15) is 60.7 Å². The number of carbonyl (C=O) groups excluding carboxylic acids is 2. The van der Waals surface area contributed by atoms with E-state index in [2.05, 4.69) is 4.72 Å². The highest BCUT2D eigenvalue weighted by atomic mass is 35.5. The van der Waals surface area contributed by atoms with Gasteiger partial charge in [0.05, 0.1) is 35.3 Å². The lowest BCUT2D eigenvalue weighted by atomic mass is 10.0. The molecule has 1 aliphatic heterocycles. The van der Waals surface area contributed by atoms with Crippen LogP contribution in [0, 0.1) is 5.92 Å². The van der Waals surface area contributed by atoms with Gasteiger partial charge in [-0.3, -0.25) is 14.3 Å². The standard InChI is InChI=1S/C35H44ClN3O7S/c1-24-21-39(25(2)23-40)35(42)31-20-29(37-47(43,44)30-16-13-28(36)14-17-30)15-18-32(31)46-26(3)10-8-9-19-45-33(24)22-38(4)34(41)27-11-6-5-7-12-27/h5-7,11-18,20,24-26,33,37,40H,8-10,19,21-23H2,1-4H3/t24-,25+,26-,33-/m1/s1. The van der Waals surface area contributed by atoms with Gasteiger partial charge in [-0.25, -0.2) is 8.42 Å². The van der Waals surface area contributed by atoms with E-state index in [1.165, 1.54) is 30.3 Å². The van der Waals surface area contributed by atoms with Crippen molar-refractivity contribution in [1.29, 1.82) is 0 Å². The van der Waals surface area contributed by atoms with Crippen LogP contribution in [0.15, 0.2) is 77.7 Å². The molecule has 0 saturated heterocycles. The summed E-state index contributed by atoms with van der Waals surface area (Å²) in [5.74, 6) is -0.488. The molecule has 4 rings (SSSR count). The van der Waals surface area contributed by atoms with E-state index in [0.29, 0.717) is 35.9 Å². The zero-order valence-electron chi connectivity index (χ0n) is 27.3. The average molecular weight is 686 g/mol. The lowest BCUT2D eigenvalue weighted by molar-refractivity contribution is -0.0149. The number of aliphatic hydroxyl groups is 1. The smallest absolute Gasteiger partial charge is 0.261 e.